The first-order valence-electron chi connectivity index (χ1n) is 8.88. The molecule has 4 rings (SSSR count). The molecule has 28 heavy (non-hydrogen) atoms. The third-order valence-corrected chi connectivity index (χ3v) is 4.63. The van der Waals surface area contributed by atoms with Crippen molar-refractivity contribution in [1.82, 2.24) is 0 Å². The van der Waals surface area contributed by atoms with Crippen molar-refractivity contribution in [3.8, 4) is 5.75 Å². The van der Waals surface area contributed by atoms with Crippen molar-refractivity contribution in [1.29, 1.82) is 0 Å². The molecule has 1 aromatic heterocycles. The Morgan fingerprint density at radius 1 is 0.964 bits per heavy atom. The molecule has 0 radical (unpaired) electrons. The van der Waals surface area contributed by atoms with E-state index in [4.69, 9.17) is 13.9 Å². The van der Waals surface area contributed by atoms with Gasteiger partial charge in [-0.3, -0.25) is 4.79 Å². The normalized spacial score (nSPS) is 10.9. The van der Waals surface area contributed by atoms with Gasteiger partial charge in [-0.15, -0.1) is 0 Å². The molecule has 0 N–H and O–H groups in total. The molecule has 5 nitrogen and oxygen atoms in total. The molecule has 0 fully saturated rings. The molecule has 0 unspecified atom stereocenters. The number of carbonyl (C=O) groups excluding carboxylic acids is 1. The van der Waals surface area contributed by atoms with Gasteiger partial charge in [0.25, 0.3) is 0 Å². The van der Waals surface area contributed by atoms with Crippen LogP contribution in [0.4, 0.5) is 0 Å². The SMILES string of the molecule is COc1ccccc1CC(=O)OCc1cc(=O)oc2ccc3ccccc3c12. The van der Waals surface area contributed by atoms with Crippen LogP contribution < -0.4 is 10.4 Å². The Balaban J connectivity index is 1.63. The predicted octanol–water partition coefficient (Wildman–Crippen LogP) is 4.24. The monoisotopic (exact) mass is 374 g/mol. The summed E-state index contributed by atoms with van der Waals surface area (Å²) < 4.78 is 16.1. The van der Waals surface area contributed by atoms with E-state index < -0.39 is 11.6 Å². The second-order valence-corrected chi connectivity index (χ2v) is 6.40. The van der Waals surface area contributed by atoms with E-state index in [0.29, 0.717) is 16.9 Å². The Morgan fingerprint density at radius 3 is 2.61 bits per heavy atom. The van der Waals surface area contributed by atoms with Gasteiger partial charge in [0, 0.05) is 22.6 Å². The average Bonchev–Trinajstić information content (AvgIpc) is 2.72. The highest BCUT2D eigenvalue weighted by atomic mass is 16.5. The summed E-state index contributed by atoms with van der Waals surface area (Å²) in [4.78, 5) is 24.3. The minimum Gasteiger partial charge on any atom is -0.496 e. The minimum absolute atomic E-state index is 0.00983. The largest absolute Gasteiger partial charge is 0.496 e. The lowest BCUT2D eigenvalue weighted by atomic mass is 10.0. The molecule has 0 saturated heterocycles. The summed E-state index contributed by atoms with van der Waals surface area (Å²) in [6.45, 7) is -0.00983. The number of methoxy groups -OCH3 is 1. The molecule has 0 bridgehead atoms. The molecule has 5 heteroatoms. The molecular weight excluding hydrogens is 356 g/mol. The molecule has 4 aromatic rings. The third kappa shape index (κ3) is 3.47. The molecule has 0 aliphatic carbocycles. The van der Waals surface area contributed by atoms with Crippen LogP contribution in [0.5, 0.6) is 5.75 Å². The number of rotatable bonds is 5. The number of ether oxygens (including phenoxy) is 2. The molecule has 0 spiro atoms. The quantitative estimate of drug-likeness (QED) is 0.297. The van der Waals surface area contributed by atoms with E-state index in [1.54, 1.807) is 19.2 Å². The van der Waals surface area contributed by atoms with Crippen LogP contribution in [0.2, 0.25) is 0 Å². The fraction of sp³-hybridized carbons (Fsp3) is 0.130. The van der Waals surface area contributed by atoms with E-state index in [1.807, 2.05) is 48.5 Å². The summed E-state index contributed by atoms with van der Waals surface area (Å²) in [7, 11) is 1.56. The number of carbonyl (C=O) groups is 1. The van der Waals surface area contributed by atoms with Gasteiger partial charge in [-0.05, 0) is 22.9 Å². The van der Waals surface area contributed by atoms with E-state index in [0.717, 1.165) is 21.7 Å². The summed E-state index contributed by atoms with van der Waals surface area (Å²) in [6, 6.07) is 20.1. The third-order valence-electron chi connectivity index (χ3n) is 4.63. The highest BCUT2D eigenvalue weighted by molar-refractivity contribution is 6.07. The predicted molar refractivity (Wildman–Crippen MR) is 106 cm³/mol. The van der Waals surface area contributed by atoms with Crippen molar-refractivity contribution in [3.63, 3.8) is 0 Å². The Morgan fingerprint density at radius 2 is 1.75 bits per heavy atom. The first kappa shape index (κ1) is 17.8. The molecule has 0 aliphatic rings. The summed E-state index contributed by atoms with van der Waals surface area (Å²) in [5, 5.41) is 2.74. The first-order chi connectivity index (χ1) is 13.7. The Labute approximate surface area is 161 Å². The van der Waals surface area contributed by atoms with Gasteiger partial charge < -0.3 is 13.9 Å². The number of esters is 1. The van der Waals surface area contributed by atoms with Gasteiger partial charge in [-0.1, -0.05) is 48.5 Å². The van der Waals surface area contributed by atoms with E-state index in [-0.39, 0.29) is 13.0 Å². The number of para-hydroxylation sites is 1. The lowest BCUT2D eigenvalue weighted by Gasteiger charge is -2.11. The van der Waals surface area contributed by atoms with E-state index in [2.05, 4.69) is 0 Å². The van der Waals surface area contributed by atoms with Crippen LogP contribution in [0, 0.1) is 0 Å². The maximum atomic E-state index is 12.4. The van der Waals surface area contributed by atoms with Crippen molar-refractivity contribution in [2.24, 2.45) is 0 Å². The standard InChI is InChI=1S/C23H18O5/c1-26-19-9-5-3-7-16(19)12-21(24)27-14-17-13-22(25)28-20-11-10-15-6-2-4-8-18(15)23(17)20/h2-11,13H,12,14H2,1H3. The zero-order valence-electron chi connectivity index (χ0n) is 15.3. The van der Waals surface area contributed by atoms with Crippen LogP contribution in [-0.2, 0) is 22.6 Å². The molecule has 0 saturated carbocycles. The molecule has 3 aromatic carbocycles. The summed E-state index contributed by atoms with van der Waals surface area (Å²) in [6.07, 6.45) is 0.0874. The maximum absolute atomic E-state index is 12.4. The maximum Gasteiger partial charge on any atom is 0.336 e. The number of hydrogen-bond donors (Lipinski definition) is 0. The van der Waals surface area contributed by atoms with Crippen molar-refractivity contribution >= 4 is 27.7 Å². The van der Waals surface area contributed by atoms with Gasteiger partial charge in [-0.25, -0.2) is 4.79 Å². The van der Waals surface area contributed by atoms with Crippen LogP contribution in [0.3, 0.4) is 0 Å². The molecular formula is C23H18O5. The molecule has 0 atom stereocenters. The smallest absolute Gasteiger partial charge is 0.336 e. The highest BCUT2D eigenvalue weighted by Gasteiger charge is 2.13. The second-order valence-electron chi connectivity index (χ2n) is 6.40. The van der Waals surface area contributed by atoms with Crippen LogP contribution >= 0.6 is 0 Å². The summed E-state index contributed by atoms with van der Waals surface area (Å²) >= 11 is 0. The average molecular weight is 374 g/mol. The summed E-state index contributed by atoms with van der Waals surface area (Å²) in [5.74, 6) is 0.238. The van der Waals surface area contributed by atoms with Crippen molar-refractivity contribution in [3.05, 3.63) is 88.3 Å². The van der Waals surface area contributed by atoms with Crippen molar-refractivity contribution in [2.75, 3.05) is 7.11 Å². The Bertz CT molecular complexity index is 1220. The molecule has 1 heterocycles. The Hall–Kier alpha value is -3.60. The molecule has 0 aliphatic heterocycles. The van der Waals surface area contributed by atoms with Gasteiger partial charge in [0.1, 0.15) is 17.9 Å². The first-order valence-corrected chi connectivity index (χ1v) is 8.88. The van der Waals surface area contributed by atoms with Gasteiger partial charge in [-0.2, -0.15) is 0 Å². The number of hydrogen-bond acceptors (Lipinski definition) is 5. The second kappa shape index (κ2) is 7.56. The lowest BCUT2D eigenvalue weighted by molar-refractivity contribution is -0.144. The van der Waals surface area contributed by atoms with Crippen LogP contribution in [0.1, 0.15) is 11.1 Å². The fourth-order valence-corrected chi connectivity index (χ4v) is 3.35. The van der Waals surface area contributed by atoms with Crippen molar-refractivity contribution in [2.45, 2.75) is 13.0 Å². The van der Waals surface area contributed by atoms with Crippen LogP contribution in [0.15, 0.2) is 75.9 Å². The highest BCUT2D eigenvalue weighted by Crippen LogP contribution is 2.28. The van der Waals surface area contributed by atoms with Crippen molar-refractivity contribution < 1.29 is 18.7 Å². The van der Waals surface area contributed by atoms with Gasteiger partial charge in [0.15, 0.2) is 0 Å². The van der Waals surface area contributed by atoms with Crippen LogP contribution in [-0.4, -0.2) is 13.1 Å². The van der Waals surface area contributed by atoms with Gasteiger partial charge >= 0.3 is 11.6 Å². The van der Waals surface area contributed by atoms with E-state index >= 15 is 0 Å². The number of fused-ring (bicyclic) bond motifs is 3. The Kier molecular flexibility index (Phi) is 4.81. The van der Waals surface area contributed by atoms with E-state index in [9.17, 15) is 9.59 Å². The van der Waals surface area contributed by atoms with Gasteiger partial charge in [0.05, 0.1) is 13.5 Å². The summed E-state index contributed by atoms with van der Waals surface area (Å²) in [5.41, 5.74) is 1.37. The lowest BCUT2D eigenvalue weighted by Crippen LogP contribution is -2.10. The van der Waals surface area contributed by atoms with Gasteiger partial charge in [0.2, 0.25) is 0 Å². The zero-order valence-corrected chi connectivity index (χ0v) is 15.3. The number of benzene rings is 3. The molecule has 0 amide bonds. The zero-order chi connectivity index (χ0) is 19.5. The molecule has 140 valence electrons. The minimum atomic E-state index is -0.474. The topological polar surface area (TPSA) is 65.7 Å². The van der Waals surface area contributed by atoms with Crippen LogP contribution in [0.25, 0.3) is 21.7 Å². The van der Waals surface area contributed by atoms with E-state index in [1.165, 1.54) is 6.07 Å². The fourth-order valence-electron chi connectivity index (χ4n) is 3.35.